The second-order valence-electron chi connectivity index (χ2n) is 4.78. The fraction of sp³-hybridized carbons (Fsp3) is 0.533. The fourth-order valence-corrected chi connectivity index (χ4v) is 1.82. The summed E-state index contributed by atoms with van der Waals surface area (Å²) in [5.41, 5.74) is 2.32. The molecule has 0 aromatic carbocycles. The Bertz CT molecular complexity index is 361. The van der Waals surface area contributed by atoms with Gasteiger partial charge < -0.3 is 10.2 Å². The number of hydrogen-bond acceptors (Lipinski definition) is 3. The van der Waals surface area contributed by atoms with Crippen molar-refractivity contribution in [2.45, 2.75) is 39.8 Å². The molecule has 0 radical (unpaired) electrons. The Balaban J connectivity index is 2.74. The third-order valence-corrected chi connectivity index (χ3v) is 2.70. The molecule has 0 atom stereocenters. The molecule has 0 spiro atoms. The second-order valence-corrected chi connectivity index (χ2v) is 4.78. The predicted molar refractivity (Wildman–Crippen MR) is 78.9 cm³/mol. The molecule has 1 aromatic heterocycles. The zero-order chi connectivity index (χ0) is 13.4. The second kappa shape index (κ2) is 7.88. The number of rotatable bonds is 8. The zero-order valence-electron chi connectivity index (χ0n) is 11.8. The average Bonchev–Trinajstić information content (AvgIpc) is 2.36. The summed E-state index contributed by atoms with van der Waals surface area (Å²) in [7, 11) is 0. The quantitative estimate of drug-likeness (QED) is 0.716. The first-order valence-electron chi connectivity index (χ1n) is 6.71. The van der Waals surface area contributed by atoms with Crippen molar-refractivity contribution in [1.82, 2.24) is 10.3 Å². The summed E-state index contributed by atoms with van der Waals surface area (Å²) >= 11 is 0. The van der Waals surface area contributed by atoms with Gasteiger partial charge in [-0.2, -0.15) is 0 Å². The van der Waals surface area contributed by atoms with E-state index in [1.54, 1.807) is 0 Å². The van der Waals surface area contributed by atoms with Crippen molar-refractivity contribution in [3.8, 4) is 0 Å². The third-order valence-electron chi connectivity index (χ3n) is 2.70. The summed E-state index contributed by atoms with van der Waals surface area (Å²) in [6, 6.07) is 4.71. The molecule has 0 aliphatic carbocycles. The summed E-state index contributed by atoms with van der Waals surface area (Å²) in [6.45, 7) is 13.1. The highest BCUT2D eigenvalue weighted by Gasteiger charge is 2.05. The Morgan fingerprint density at radius 2 is 2.28 bits per heavy atom. The van der Waals surface area contributed by atoms with Gasteiger partial charge in [0.1, 0.15) is 0 Å². The predicted octanol–water partition coefficient (Wildman–Crippen LogP) is 2.98. The molecule has 3 nitrogen and oxygen atoms in total. The van der Waals surface area contributed by atoms with Gasteiger partial charge in [-0.1, -0.05) is 26.8 Å². The molecule has 0 aliphatic heterocycles. The Kier molecular flexibility index (Phi) is 6.44. The van der Waals surface area contributed by atoms with Gasteiger partial charge in [0.15, 0.2) is 0 Å². The van der Waals surface area contributed by atoms with E-state index in [1.807, 2.05) is 12.3 Å². The first-order valence-corrected chi connectivity index (χ1v) is 6.71. The first kappa shape index (κ1) is 14.7. The summed E-state index contributed by atoms with van der Waals surface area (Å²) in [4.78, 5) is 6.73. The van der Waals surface area contributed by atoms with Gasteiger partial charge in [-0.05, 0) is 18.6 Å². The highest BCUT2D eigenvalue weighted by molar-refractivity contribution is 5.47. The average molecular weight is 247 g/mol. The molecule has 1 rings (SSSR count). The van der Waals surface area contributed by atoms with Crippen molar-refractivity contribution < 1.29 is 0 Å². The number of aromatic nitrogens is 1. The van der Waals surface area contributed by atoms with E-state index < -0.39 is 0 Å². The lowest BCUT2D eigenvalue weighted by Crippen LogP contribution is -2.25. The van der Waals surface area contributed by atoms with Gasteiger partial charge in [-0.15, -0.1) is 6.58 Å². The molecule has 0 amide bonds. The Labute approximate surface area is 111 Å². The number of nitrogens with one attached hydrogen (secondary N) is 1. The molecule has 0 bridgehead atoms. The lowest BCUT2D eigenvalue weighted by molar-refractivity contribution is 0.581. The molecule has 1 heterocycles. The fourth-order valence-electron chi connectivity index (χ4n) is 1.82. The van der Waals surface area contributed by atoms with Gasteiger partial charge in [-0.3, -0.25) is 4.98 Å². The lowest BCUT2D eigenvalue weighted by Gasteiger charge is -2.23. The molecule has 0 fully saturated rings. The van der Waals surface area contributed by atoms with Crippen LogP contribution in [0.25, 0.3) is 0 Å². The van der Waals surface area contributed by atoms with Gasteiger partial charge in [0.05, 0.1) is 5.69 Å². The van der Waals surface area contributed by atoms with E-state index in [2.05, 4.69) is 54.7 Å². The molecule has 100 valence electrons. The minimum Gasteiger partial charge on any atom is -0.368 e. The van der Waals surface area contributed by atoms with Crippen LogP contribution in [-0.4, -0.2) is 24.1 Å². The maximum Gasteiger partial charge on any atom is 0.0562 e. The maximum absolute atomic E-state index is 4.40. The first-order chi connectivity index (χ1) is 8.67. The van der Waals surface area contributed by atoms with Crippen molar-refractivity contribution in [1.29, 1.82) is 0 Å². The molecule has 1 aromatic rings. The molecule has 0 saturated heterocycles. The smallest absolute Gasteiger partial charge is 0.0562 e. The Morgan fingerprint density at radius 3 is 2.89 bits per heavy atom. The van der Waals surface area contributed by atoms with Gasteiger partial charge in [0, 0.05) is 37.6 Å². The van der Waals surface area contributed by atoms with Crippen molar-refractivity contribution in [2.75, 3.05) is 18.0 Å². The van der Waals surface area contributed by atoms with Gasteiger partial charge in [-0.25, -0.2) is 0 Å². The van der Waals surface area contributed by atoms with Crippen molar-refractivity contribution >= 4 is 5.69 Å². The molecule has 3 heteroatoms. The Hall–Kier alpha value is -1.35. The minimum absolute atomic E-state index is 0.482. The van der Waals surface area contributed by atoms with Crippen LogP contribution in [0.1, 0.15) is 32.9 Å². The van der Waals surface area contributed by atoms with Gasteiger partial charge in [0.2, 0.25) is 0 Å². The maximum atomic E-state index is 4.40. The van der Waals surface area contributed by atoms with Crippen LogP contribution in [0.5, 0.6) is 0 Å². The van der Waals surface area contributed by atoms with Crippen LogP contribution in [0.3, 0.4) is 0 Å². The normalized spacial score (nSPS) is 10.7. The van der Waals surface area contributed by atoms with Crippen LogP contribution in [-0.2, 0) is 6.54 Å². The standard InChI is InChI=1S/C15H25N3/c1-5-9-18(10-6-2)15-7-8-16-14(11-15)12-17-13(3)4/h5,7-8,11,13,17H,1,6,9-10,12H2,2-4H3. The molecular formula is C15H25N3. The summed E-state index contributed by atoms with van der Waals surface area (Å²) < 4.78 is 0. The minimum atomic E-state index is 0.482. The van der Waals surface area contributed by atoms with E-state index in [0.717, 1.165) is 31.7 Å². The highest BCUT2D eigenvalue weighted by Crippen LogP contribution is 2.15. The largest absolute Gasteiger partial charge is 0.368 e. The van der Waals surface area contributed by atoms with E-state index in [-0.39, 0.29) is 0 Å². The van der Waals surface area contributed by atoms with E-state index >= 15 is 0 Å². The van der Waals surface area contributed by atoms with Crippen molar-refractivity contribution in [3.05, 3.63) is 36.7 Å². The van der Waals surface area contributed by atoms with E-state index in [0.29, 0.717) is 6.04 Å². The van der Waals surface area contributed by atoms with Gasteiger partial charge in [0.25, 0.3) is 0 Å². The number of hydrogen-bond donors (Lipinski definition) is 1. The van der Waals surface area contributed by atoms with E-state index in [1.165, 1.54) is 5.69 Å². The van der Waals surface area contributed by atoms with Crippen LogP contribution in [0.15, 0.2) is 31.0 Å². The summed E-state index contributed by atoms with van der Waals surface area (Å²) in [5.74, 6) is 0. The third kappa shape index (κ3) is 4.88. The van der Waals surface area contributed by atoms with Crippen molar-refractivity contribution in [2.24, 2.45) is 0 Å². The van der Waals surface area contributed by atoms with Crippen LogP contribution < -0.4 is 10.2 Å². The van der Waals surface area contributed by atoms with Gasteiger partial charge >= 0.3 is 0 Å². The van der Waals surface area contributed by atoms with Crippen LogP contribution in [0.4, 0.5) is 5.69 Å². The molecule has 1 N–H and O–H groups in total. The molecular weight excluding hydrogens is 222 g/mol. The van der Waals surface area contributed by atoms with E-state index in [4.69, 9.17) is 0 Å². The highest BCUT2D eigenvalue weighted by atomic mass is 15.1. The molecule has 0 aliphatic rings. The van der Waals surface area contributed by atoms with Crippen LogP contribution in [0.2, 0.25) is 0 Å². The topological polar surface area (TPSA) is 28.2 Å². The van der Waals surface area contributed by atoms with E-state index in [9.17, 15) is 0 Å². The Morgan fingerprint density at radius 1 is 1.50 bits per heavy atom. The number of anilines is 1. The van der Waals surface area contributed by atoms with Crippen molar-refractivity contribution in [3.63, 3.8) is 0 Å². The zero-order valence-corrected chi connectivity index (χ0v) is 11.8. The SMILES string of the molecule is C=CCN(CCC)c1ccnc(CNC(C)C)c1. The molecule has 18 heavy (non-hydrogen) atoms. The monoisotopic (exact) mass is 247 g/mol. The van der Waals surface area contributed by atoms with Crippen LogP contribution >= 0.6 is 0 Å². The molecule has 0 saturated carbocycles. The number of pyridine rings is 1. The summed E-state index contributed by atoms with van der Waals surface area (Å²) in [6.07, 6.45) is 4.97. The summed E-state index contributed by atoms with van der Waals surface area (Å²) in [5, 5.41) is 3.39. The lowest BCUT2D eigenvalue weighted by atomic mass is 10.2. The number of nitrogens with zero attached hydrogens (tertiary/aromatic N) is 2. The van der Waals surface area contributed by atoms with Crippen LogP contribution in [0, 0.1) is 0 Å². The molecule has 0 unspecified atom stereocenters.